The molecular formula is C26H20N2O6. The Morgan fingerprint density at radius 3 is 2.26 bits per heavy atom. The molecule has 3 heterocycles. The van der Waals surface area contributed by atoms with Gasteiger partial charge in [-0.1, -0.05) is 36.4 Å². The first-order valence-corrected chi connectivity index (χ1v) is 10.8. The largest absolute Gasteiger partial charge is 0.454 e. The van der Waals surface area contributed by atoms with Crippen molar-refractivity contribution in [1.82, 2.24) is 0 Å². The lowest BCUT2D eigenvalue weighted by atomic mass is 9.81. The number of rotatable bonds is 5. The molecule has 0 aliphatic carbocycles. The van der Waals surface area contributed by atoms with Gasteiger partial charge in [0.15, 0.2) is 28.5 Å². The Morgan fingerprint density at radius 2 is 1.53 bits per heavy atom. The standard InChI is InChI=1S/C26H20N2O6/c29-24-14-26(11-10-17-4-2-1-3-5-17,28(24)19-7-9-21-23(13-19)34-16-32-21)25(30)27-18-6-8-20-22(12-18)33-15-31-20/h1-13H,14-16H2,(H,27,30). The number of hydrogen-bond acceptors (Lipinski definition) is 6. The van der Waals surface area contributed by atoms with Crippen LogP contribution in [0.2, 0.25) is 0 Å². The van der Waals surface area contributed by atoms with Crippen molar-refractivity contribution in [3.05, 3.63) is 78.4 Å². The van der Waals surface area contributed by atoms with Crippen LogP contribution in [0.15, 0.2) is 72.8 Å². The lowest BCUT2D eigenvalue weighted by Crippen LogP contribution is -2.68. The van der Waals surface area contributed by atoms with Crippen LogP contribution in [0.1, 0.15) is 12.0 Å². The molecule has 1 fully saturated rings. The van der Waals surface area contributed by atoms with Gasteiger partial charge in [-0.25, -0.2) is 0 Å². The molecule has 3 aliphatic heterocycles. The molecule has 1 unspecified atom stereocenters. The summed E-state index contributed by atoms with van der Waals surface area (Å²) in [7, 11) is 0. The first kappa shape index (κ1) is 20.2. The van der Waals surface area contributed by atoms with Crippen molar-refractivity contribution >= 4 is 29.3 Å². The zero-order chi connectivity index (χ0) is 23.1. The van der Waals surface area contributed by atoms with Crippen molar-refractivity contribution in [3.63, 3.8) is 0 Å². The van der Waals surface area contributed by atoms with Gasteiger partial charge in [-0.05, 0) is 35.9 Å². The number of ether oxygens (including phenoxy) is 4. The fraction of sp³-hybridized carbons (Fsp3) is 0.154. The monoisotopic (exact) mass is 456 g/mol. The van der Waals surface area contributed by atoms with Crippen LogP contribution in [0.5, 0.6) is 23.0 Å². The van der Waals surface area contributed by atoms with Crippen molar-refractivity contribution < 1.29 is 28.5 Å². The number of anilines is 2. The van der Waals surface area contributed by atoms with Crippen molar-refractivity contribution in [2.24, 2.45) is 0 Å². The van der Waals surface area contributed by atoms with Gasteiger partial charge in [0.2, 0.25) is 19.5 Å². The molecule has 0 saturated carbocycles. The van der Waals surface area contributed by atoms with Crippen LogP contribution in [-0.2, 0) is 9.59 Å². The molecule has 0 aromatic heterocycles. The van der Waals surface area contributed by atoms with Crippen molar-refractivity contribution in [2.45, 2.75) is 12.0 Å². The van der Waals surface area contributed by atoms with E-state index >= 15 is 0 Å². The third kappa shape index (κ3) is 3.31. The van der Waals surface area contributed by atoms with Crippen LogP contribution in [0, 0.1) is 0 Å². The average Bonchev–Trinajstić information content (AvgIpc) is 3.50. The molecular weight excluding hydrogens is 436 g/mol. The maximum Gasteiger partial charge on any atom is 0.255 e. The second-order valence-electron chi connectivity index (χ2n) is 8.13. The Hall–Kier alpha value is -4.46. The van der Waals surface area contributed by atoms with E-state index in [0.29, 0.717) is 34.4 Å². The summed E-state index contributed by atoms with van der Waals surface area (Å²) in [5, 5.41) is 2.95. The van der Waals surface area contributed by atoms with Gasteiger partial charge in [0.25, 0.3) is 5.91 Å². The number of carbonyl (C=O) groups is 2. The van der Waals surface area contributed by atoms with Gasteiger partial charge in [0.1, 0.15) is 0 Å². The molecule has 8 nitrogen and oxygen atoms in total. The SMILES string of the molecule is O=C1CC(C=Cc2ccccc2)(C(=O)Nc2ccc3c(c2)OCO3)N1c1ccc2c(c1)OCO2. The first-order valence-electron chi connectivity index (χ1n) is 10.8. The predicted octanol–water partition coefficient (Wildman–Crippen LogP) is 3.97. The Labute approximate surface area is 195 Å². The van der Waals surface area contributed by atoms with Gasteiger partial charge in [0.05, 0.1) is 6.42 Å². The van der Waals surface area contributed by atoms with Crippen molar-refractivity contribution in [1.29, 1.82) is 0 Å². The molecule has 3 aliphatic rings. The lowest BCUT2D eigenvalue weighted by molar-refractivity contribution is -0.134. The molecule has 0 radical (unpaired) electrons. The molecule has 0 bridgehead atoms. The maximum absolute atomic E-state index is 13.7. The molecule has 6 rings (SSSR count). The quantitative estimate of drug-likeness (QED) is 0.585. The van der Waals surface area contributed by atoms with E-state index in [-0.39, 0.29) is 31.8 Å². The van der Waals surface area contributed by atoms with E-state index in [1.54, 1.807) is 42.5 Å². The molecule has 170 valence electrons. The highest BCUT2D eigenvalue weighted by atomic mass is 16.7. The molecule has 34 heavy (non-hydrogen) atoms. The smallest absolute Gasteiger partial charge is 0.255 e. The van der Waals surface area contributed by atoms with Crippen LogP contribution < -0.4 is 29.2 Å². The van der Waals surface area contributed by atoms with Crippen molar-refractivity contribution in [2.75, 3.05) is 23.8 Å². The topological polar surface area (TPSA) is 86.3 Å². The summed E-state index contributed by atoms with van der Waals surface area (Å²) >= 11 is 0. The lowest BCUT2D eigenvalue weighted by Gasteiger charge is -2.48. The summed E-state index contributed by atoms with van der Waals surface area (Å²) in [4.78, 5) is 28.1. The van der Waals surface area contributed by atoms with E-state index in [1.165, 1.54) is 4.90 Å². The van der Waals surface area contributed by atoms with Gasteiger partial charge >= 0.3 is 0 Å². The summed E-state index contributed by atoms with van der Waals surface area (Å²) in [6.07, 6.45) is 3.66. The second kappa shape index (κ2) is 7.84. The first-order chi connectivity index (χ1) is 16.6. The highest BCUT2D eigenvalue weighted by Crippen LogP contribution is 2.44. The molecule has 2 amide bonds. The molecule has 3 aromatic carbocycles. The van der Waals surface area contributed by atoms with Gasteiger partial charge in [0, 0.05) is 23.5 Å². The number of nitrogens with zero attached hydrogens (tertiary/aromatic N) is 1. The average molecular weight is 456 g/mol. The third-order valence-electron chi connectivity index (χ3n) is 6.06. The van der Waals surface area contributed by atoms with E-state index in [0.717, 1.165) is 5.56 Å². The Balaban J connectivity index is 1.37. The van der Waals surface area contributed by atoms with E-state index in [1.807, 2.05) is 36.4 Å². The van der Waals surface area contributed by atoms with Gasteiger partial charge in [-0.2, -0.15) is 0 Å². The van der Waals surface area contributed by atoms with Gasteiger partial charge < -0.3 is 24.3 Å². The van der Waals surface area contributed by atoms with Gasteiger partial charge in [-0.3, -0.25) is 14.5 Å². The van der Waals surface area contributed by atoms with Crippen LogP contribution in [0.3, 0.4) is 0 Å². The number of hydrogen-bond donors (Lipinski definition) is 1. The second-order valence-corrected chi connectivity index (χ2v) is 8.13. The van der Waals surface area contributed by atoms with E-state index in [9.17, 15) is 9.59 Å². The summed E-state index contributed by atoms with van der Waals surface area (Å²) < 4.78 is 21.7. The minimum absolute atomic E-state index is 0.0289. The highest BCUT2D eigenvalue weighted by molar-refractivity contribution is 6.18. The molecule has 1 saturated heterocycles. The number of benzene rings is 3. The molecule has 8 heteroatoms. The Morgan fingerprint density at radius 1 is 0.853 bits per heavy atom. The number of carbonyl (C=O) groups excluding carboxylic acids is 2. The van der Waals surface area contributed by atoms with Crippen molar-refractivity contribution in [3.8, 4) is 23.0 Å². The zero-order valence-electron chi connectivity index (χ0n) is 18.0. The van der Waals surface area contributed by atoms with Crippen LogP contribution in [0.25, 0.3) is 6.08 Å². The summed E-state index contributed by atoms with van der Waals surface area (Å²) in [6, 6.07) is 20.0. The number of nitrogens with one attached hydrogen (secondary N) is 1. The molecule has 1 N–H and O–H groups in total. The predicted molar refractivity (Wildman–Crippen MR) is 124 cm³/mol. The fourth-order valence-corrected chi connectivity index (χ4v) is 4.32. The summed E-state index contributed by atoms with van der Waals surface area (Å²) in [5.41, 5.74) is 0.797. The van der Waals surface area contributed by atoms with Crippen LogP contribution in [0.4, 0.5) is 11.4 Å². The van der Waals surface area contributed by atoms with E-state index < -0.39 is 5.54 Å². The van der Waals surface area contributed by atoms with Crippen LogP contribution in [-0.4, -0.2) is 30.9 Å². The minimum atomic E-state index is -1.23. The summed E-state index contributed by atoms with van der Waals surface area (Å²) in [5.74, 6) is 1.82. The zero-order valence-corrected chi connectivity index (χ0v) is 18.0. The number of fused-ring (bicyclic) bond motifs is 2. The normalized spacial score (nSPS) is 19.9. The molecule has 0 spiro atoms. The van der Waals surface area contributed by atoms with Crippen LogP contribution >= 0.6 is 0 Å². The fourth-order valence-electron chi connectivity index (χ4n) is 4.32. The Kier molecular flexibility index (Phi) is 4.65. The highest BCUT2D eigenvalue weighted by Gasteiger charge is 2.56. The van der Waals surface area contributed by atoms with E-state index in [4.69, 9.17) is 18.9 Å². The van der Waals surface area contributed by atoms with Gasteiger partial charge in [-0.15, -0.1) is 0 Å². The Bertz CT molecular complexity index is 1320. The van der Waals surface area contributed by atoms with E-state index in [2.05, 4.69) is 5.32 Å². The number of β-lactam (4-membered cyclic amide) rings is 1. The molecule has 1 atom stereocenters. The summed E-state index contributed by atoms with van der Waals surface area (Å²) in [6.45, 7) is 0.263. The third-order valence-corrected chi connectivity index (χ3v) is 6.06. The minimum Gasteiger partial charge on any atom is -0.454 e. The molecule has 3 aromatic rings. The number of amides is 2. The maximum atomic E-state index is 13.7.